The third kappa shape index (κ3) is 4.43. The lowest BCUT2D eigenvalue weighted by Gasteiger charge is -2.04. The molecule has 0 aromatic heterocycles. The number of rotatable bonds is 4. The standard InChI is InChI=1S/C14H12ClNO2S/c15-13-6-8-14(9-7-13)16-19(17,18)11-10-12-4-2-1-3-5-12/h1-11,16H/b11-10+. The Hall–Kier alpha value is -1.78. The van der Waals surface area contributed by atoms with Crippen LogP contribution in [0.25, 0.3) is 6.08 Å². The second-order valence-corrected chi connectivity index (χ2v) is 5.87. The van der Waals surface area contributed by atoms with E-state index in [0.717, 1.165) is 11.0 Å². The van der Waals surface area contributed by atoms with Crippen LogP contribution < -0.4 is 4.72 Å². The summed E-state index contributed by atoms with van der Waals surface area (Å²) in [6.45, 7) is 0. The molecule has 0 fully saturated rings. The van der Waals surface area contributed by atoms with Crippen molar-refractivity contribution in [2.75, 3.05) is 4.72 Å². The highest BCUT2D eigenvalue weighted by molar-refractivity contribution is 7.95. The van der Waals surface area contributed by atoms with Gasteiger partial charge in [-0.15, -0.1) is 0 Å². The maximum Gasteiger partial charge on any atom is 0.255 e. The molecule has 0 bridgehead atoms. The van der Waals surface area contributed by atoms with E-state index in [0.29, 0.717) is 10.7 Å². The maximum absolute atomic E-state index is 11.8. The zero-order valence-electron chi connectivity index (χ0n) is 9.95. The van der Waals surface area contributed by atoms with Crippen LogP contribution in [0.2, 0.25) is 5.02 Å². The van der Waals surface area contributed by atoms with Gasteiger partial charge in [-0.3, -0.25) is 4.72 Å². The average molecular weight is 294 g/mol. The largest absolute Gasteiger partial charge is 0.280 e. The van der Waals surface area contributed by atoms with Crippen LogP contribution in [0.1, 0.15) is 5.56 Å². The number of halogens is 1. The molecular formula is C14H12ClNO2S. The Morgan fingerprint density at radius 2 is 1.58 bits per heavy atom. The summed E-state index contributed by atoms with van der Waals surface area (Å²) in [7, 11) is -3.52. The van der Waals surface area contributed by atoms with Gasteiger partial charge in [-0.2, -0.15) is 0 Å². The van der Waals surface area contributed by atoms with Crippen molar-refractivity contribution in [1.29, 1.82) is 0 Å². The molecule has 98 valence electrons. The molecule has 1 N–H and O–H groups in total. The van der Waals surface area contributed by atoms with Crippen LogP contribution in [-0.2, 0) is 10.0 Å². The molecule has 0 amide bonds. The predicted octanol–water partition coefficient (Wildman–Crippen LogP) is 3.75. The van der Waals surface area contributed by atoms with E-state index in [1.54, 1.807) is 24.3 Å². The predicted molar refractivity (Wildman–Crippen MR) is 79.5 cm³/mol. The van der Waals surface area contributed by atoms with E-state index < -0.39 is 10.0 Å². The smallest absolute Gasteiger partial charge is 0.255 e. The molecule has 0 aliphatic carbocycles. The molecule has 0 heterocycles. The van der Waals surface area contributed by atoms with Crippen molar-refractivity contribution in [3.8, 4) is 0 Å². The summed E-state index contributed by atoms with van der Waals surface area (Å²) >= 11 is 5.73. The molecule has 0 spiro atoms. The van der Waals surface area contributed by atoms with Crippen molar-refractivity contribution in [3.05, 3.63) is 70.6 Å². The fraction of sp³-hybridized carbons (Fsp3) is 0. The van der Waals surface area contributed by atoms with E-state index in [4.69, 9.17) is 11.6 Å². The van der Waals surface area contributed by atoms with Gasteiger partial charge in [0.15, 0.2) is 0 Å². The summed E-state index contributed by atoms with van der Waals surface area (Å²) in [6.07, 6.45) is 1.54. The second kappa shape index (κ2) is 5.91. The van der Waals surface area contributed by atoms with E-state index >= 15 is 0 Å². The number of anilines is 1. The Bertz CT molecular complexity index is 664. The lowest BCUT2D eigenvalue weighted by atomic mass is 10.2. The van der Waals surface area contributed by atoms with Gasteiger partial charge in [-0.1, -0.05) is 41.9 Å². The van der Waals surface area contributed by atoms with E-state index in [1.807, 2.05) is 30.3 Å². The topological polar surface area (TPSA) is 46.2 Å². The summed E-state index contributed by atoms with van der Waals surface area (Å²) in [5.74, 6) is 0. The minimum atomic E-state index is -3.52. The van der Waals surface area contributed by atoms with Crippen molar-refractivity contribution in [3.63, 3.8) is 0 Å². The third-order valence-corrected chi connectivity index (χ3v) is 3.61. The van der Waals surface area contributed by atoms with Gasteiger partial charge in [0, 0.05) is 10.7 Å². The monoisotopic (exact) mass is 293 g/mol. The molecule has 0 radical (unpaired) electrons. The first-order chi connectivity index (χ1) is 9.05. The summed E-state index contributed by atoms with van der Waals surface area (Å²) in [6, 6.07) is 15.7. The maximum atomic E-state index is 11.8. The Morgan fingerprint density at radius 1 is 0.947 bits per heavy atom. The summed E-state index contributed by atoms with van der Waals surface area (Å²) < 4.78 is 26.1. The molecule has 3 nitrogen and oxygen atoms in total. The summed E-state index contributed by atoms with van der Waals surface area (Å²) in [4.78, 5) is 0. The fourth-order valence-corrected chi connectivity index (χ4v) is 2.44. The number of hydrogen-bond donors (Lipinski definition) is 1. The molecule has 0 atom stereocenters. The Balaban J connectivity index is 2.11. The van der Waals surface area contributed by atoms with Crippen LogP contribution in [0.4, 0.5) is 5.69 Å². The molecule has 19 heavy (non-hydrogen) atoms. The summed E-state index contributed by atoms with van der Waals surface area (Å²) in [5.41, 5.74) is 1.30. The van der Waals surface area contributed by atoms with Crippen LogP contribution in [0.15, 0.2) is 60.0 Å². The molecule has 2 aromatic carbocycles. The van der Waals surface area contributed by atoms with Crippen molar-refractivity contribution in [1.82, 2.24) is 0 Å². The quantitative estimate of drug-likeness (QED) is 0.933. The van der Waals surface area contributed by atoms with Crippen LogP contribution >= 0.6 is 11.6 Å². The van der Waals surface area contributed by atoms with Crippen molar-refractivity contribution < 1.29 is 8.42 Å². The minimum absolute atomic E-state index is 0.474. The molecule has 0 saturated heterocycles. The fourth-order valence-electron chi connectivity index (χ4n) is 1.45. The lowest BCUT2D eigenvalue weighted by Crippen LogP contribution is -2.08. The van der Waals surface area contributed by atoms with Crippen molar-refractivity contribution in [2.24, 2.45) is 0 Å². The number of hydrogen-bond acceptors (Lipinski definition) is 2. The van der Waals surface area contributed by atoms with Gasteiger partial charge < -0.3 is 0 Å². The van der Waals surface area contributed by atoms with Gasteiger partial charge in [-0.05, 0) is 35.9 Å². The first kappa shape index (κ1) is 13.6. The minimum Gasteiger partial charge on any atom is -0.280 e. The molecule has 5 heteroatoms. The number of benzene rings is 2. The van der Waals surface area contributed by atoms with E-state index in [2.05, 4.69) is 4.72 Å². The zero-order valence-corrected chi connectivity index (χ0v) is 11.5. The third-order valence-electron chi connectivity index (χ3n) is 2.34. The Morgan fingerprint density at radius 3 is 2.21 bits per heavy atom. The normalized spacial score (nSPS) is 11.6. The van der Waals surface area contributed by atoms with Crippen molar-refractivity contribution in [2.45, 2.75) is 0 Å². The van der Waals surface area contributed by atoms with Gasteiger partial charge in [0.05, 0.1) is 5.41 Å². The van der Waals surface area contributed by atoms with E-state index in [9.17, 15) is 8.42 Å². The van der Waals surface area contributed by atoms with Gasteiger partial charge in [-0.25, -0.2) is 8.42 Å². The molecule has 2 aromatic rings. The SMILES string of the molecule is O=S(=O)(/C=C/c1ccccc1)Nc1ccc(Cl)cc1. The average Bonchev–Trinajstić information content (AvgIpc) is 2.40. The molecular weight excluding hydrogens is 282 g/mol. The highest BCUT2D eigenvalue weighted by atomic mass is 35.5. The zero-order chi connectivity index (χ0) is 13.7. The van der Waals surface area contributed by atoms with Gasteiger partial charge in [0.25, 0.3) is 10.0 Å². The van der Waals surface area contributed by atoms with Gasteiger partial charge in [0.2, 0.25) is 0 Å². The highest BCUT2D eigenvalue weighted by Crippen LogP contribution is 2.15. The van der Waals surface area contributed by atoms with Gasteiger partial charge >= 0.3 is 0 Å². The Labute approximate surface area is 117 Å². The molecule has 2 rings (SSSR count). The second-order valence-electron chi connectivity index (χ2n) is 3.87. The van der Waals surface area contributed by atoms with Crippen LogP contribution in [0.5, 0.6) is 0 Å². The lowest BCUT2D eigenvalue weighted by molar-refractivity contribution is 0.609. The summed E-state index contributed by atoms with van der Waals surface area (Å²) in [5, 5.41) is 1.69. The van der Waals surface area contributed by atoms with Gasteiger partial charge in [0.1, 0.15) is 0 Å². The number of nitrogens with one attached hydrogen (secondary N) is 1. The molecule has 0 unspecified atom stereocenters. The Kier molecular flexibility index (Phi) is 4.24. The first-order valence-corrected chi connectivity index (χ1v) is 7.49. The molecule has 0 aliphatic heterocycles. The number of sulfonamides is 1. The molecule has 0 aliphatic rings. The van der Waals surface area contributed by atoms with Crippen LogP contribution in [0, 0.1) is 0 Å². The van der Waals surface area contributed by atoms with E-state index in [1.165, 1.54) is 6.08 Å². The van der Waals surface area contributed by atoms with E-state index in [-0.39, 0.29) is 0 Å². The molecule has 0 saturated carbocycles. The highest BCUT2D eigenvalue weighted by Gasteiger charge is 2.05. The van der Waals surface area contributed by atoms with Crippen LogP contribution in [-0.4, -0.2) is 8.42 Å². The van der Waals surface area contributed by atoms with Crippen LogP contribution in [0.3, 0.4) is 0 Å². The van der Waals surface area contributed by atoms with Crippen molar-refractivity contribution >= 4 is 33.4 Å². The first-order valence-electron chi connectivity index (χ1n) is 5.57.